The first-order valence-corrected chi connectivity index (χ1v) is 7.40. The van der Waals surface area contributed by atoms with Crippen LogP contribution in [-0.2, 0) is 23.1 Å². The third-order valence-corrected chi connectivity index (χ3v) is 4.34. The predicted molar refractivity (Wildman–Crippen MR) is 78.0 cm³/mol. The molecule has 1 unspecified atom stereocenters. The number of carboxylic acid groups (broad SMARTS) is 1. The predicted octanol–water partition coefficient (Wildman–Crippen LogP) is 1.44. The molecular weight excluding hydrogens is 270 g/mol. The number of hydrogen-bond donors (Lipinski definition) is 1. The summed E-state index contributed by atoms with van der Waals surface area (Å²) in [5, 5.41) is 13.3. The van der Waals surface area contributed by atoms with Gasteiger partial charge in [0.25, 0.3) is 0 Å². The first-order valence-electron chi connectivity index (χ1n) is 7.40. The Bertz CT molecular complexity index is 551. The maximum Gasteiger partial charge on any atom is 0.305 e. The topological polar surface area (TPSA) is 75.4 Å². The van der Waals surface area contributed by atoms with Crippen molar-refractivity contribution in [3.63, 3.8) is 0 Å². The van der Waals surface area contributed by atoms with Crippen molar-refractivity contribution in [3.05, 3.63) is 17.0 Å². The first-order chi connectivity index (χ1) is 9.90. The number of rotatable bonds is 4. The number of aromatic nitrogens is 2. The Balaban J connectivity index is 2.12. The second-order valence-corrected chi connectivity index (χ2v) is 5.78. The molecule has 0 saturated carbocycles. The average molecular weight is 293 g/mol. The van der Waals surface area contributed by atoms with E-state index >= 15 is 0 Å². The van der Waals surface area contributed by atoms with E-state index in [1.807, 2.05) is 20.9 Å². The third kappa shape index (κ3) is 3.43. The van der Waals surface area contributed by atoms with Crippen molar-refractivity contribution >= 4 is 11.9 Å². The van der Waals surface area contributed by atoms with Gasteiger partial charge in [-0.25, -0.2) is 0 Å². The molecule has 6 nitrogen and oxygen atoms in total. The van der Waals surface area contributed by atoms with Crippen molar-refractivity contribution in [2.24, 2.45) is 7.05 Å². The lowest BCUT2D eigenvalue weighted by atomic mass is 9.98. The minimum absolute atomic E-state index is 0.0140. The molecule has 1 N–H and O–H groups in total. The number of amides is 1. The molecule has 2 heterocycles. The Morgan fingerprint density at radius 2 is 2.05 bits per heavy atom. The molecule has 21 heavy (non-hydrogen) atoms. The van der Waals surface area contributed by atoms with E-state index in [9.17, 15) is 9.59 Å². The van der Waals surface area contributed by atoms with Crippen LogP contribution in [-0.4, -0.2) is 44.3 Å². The Morgan fingerprint density at radius 1 is 1.33 bits per heavy atom. The van der Waals surface area contributed by atoms with Crippen molar-refractivity contribution in [2.75, 3.05) is 6.54 Å². The van der Waals surface area contributed by atoms with Gasteiger partial charge < -0.3 is 10.0 Å². The number of carbonyl (C=O) groups excluding carboxylic acids is 1. The molecule has 0 radical (unpaired) electrons. The summed E-state index contributed by atoms with van der Waals surface area (Å²) >= 11 is 0. The number of carbonyl (C=O) groups is 2. The third-order valence-electron chi connectivity index (χ3n) is 4.34. The van der Waals surface area contributed by atoms with E-state index in [1.54, 1.807) is 9.58 Å². The van der Waals surface area contributed by atoms with Crippen molar-refractivity contribution in [3.8, 4) is 0 Å². The fourth-order valence-electron chi connectivity index (χ4n) is 3.07. The van der Waals surface area contributed by atoms with E-state index in [2.05, 4.69) is 5.10 Å². The van der Waals surface area contributed by atoms with E-state index in [-0.39, 0.29) is 18.4 Å². The molecule has 0 aromatic carbocycles. The Kier molecular flexibility index (Phi) is 4.65. The van der Waals surface area contributed by atoms with Gasteiger partial charge in [0.1, 0.15) is 0 Å². The van der Waals surface area contributed by atoms with Crippen LogP contribution in [0.5, 0.6) is 0 Å². The maximum absolute atomic E-state index is 12.6. The lowest BCUT2D eigenvalue weighted by molar-refractivity contribution is -0.141. The summed E-state index contributed by atoms with van der Waals surface area (Å²) in [5.41, 5.74) is 2.82. The van der Waals surface area contributed by atoms with Crippen LogP contribution in [0.4, 0.5) is 0 Å². The van der Waals surface area contributed by atoms with E-state index in [0.29, 0.717) is 13.0 Å². The van der Waals surface area contributed by atoms with Crippen molar-refractivity contribution in [1.29, 1.82) is 0 Å². The summed E-state index contributed by atoms with van der Waals surface area (Å²) in [6.45, 7) is 4.52. The molecule has 0 aliphatic carbocycles. The van der Waals surface area contributed by atoms with Crippen LogP contribution in [0.2, 0.25) is 0 Å². The molecule has 6 heteroatoms. The van der Waals surface area contributed by atoms with Gasteiger partial charge in [-0.05, 0) is 33.1 Å². The Labute approximate surface area is 124 Å². The summed E-state index contributed by atoms with van der Waals surface area (Å²) in [5.74, 6) is -0.825. The van der Waals surface area contributed by atoms with Gasteiger partial charge in [-0.1, -0.05) is 0 Å². The van der Waals surface area contributed by atoms with Gasteiger partial charge in [0.15, 0.2) is 0 Å². The summed E-state index contributed by atoms with van der Waals surface area (Å²) in [6, 6.07) is -0.166. The lowest BCUT2D eigenvalue weighted by Crippen LogP contribution is -2.45. The van der Waals surface area contributed by atoms with Gasteiger partial charge in [0.2, 0.25) is 5.91 Å². The number of piperidine rings is 1. The van der Waals surface area contributed by atoms with Gasteiger partial charge in [-0.15, -0.1) is 0 Å². The van der Waals surface area contributed by atoms with Crippen LogP contribution in [0, 0.1) is 13.8 Å². The molecule has 1 amide bonds. The highest BCUT2D eigenvalue weighted by molar-refractivity contribution is 5.80. The smallest absolute Gasteiger partial charge is 0.305 e. The molecule has 1 aromatic rings. The standard InChI is InChI=1S/C15H23N3O3/c1-10-13(11(2)17(3)16-10)9-14(19)18-7-5-4-6-12(18)8-15(20)21/h12H,4-9H2,1-3H3,(H,20,21). The molecule has 1 atom stereocenters. The van der Waals surface area contributed by atoms with E-state index in [1.165, 1.54) is 0 Å². The van der Waals surface area contributed by atoms with Gasteiger partial charge in [-0.2, -0.15) is 5.10 Å². The highest BCUT2D eigenvalue weighted by Crippen LogP contribution is 2.22. The molecule has 0 bridgehead atoms. The highest BCUT2D eigenvalue weighted by Gasteiger charge is 2.29. The molecule has 2 rings (SSSR count). The SMILES string of the molecule is Cc1nn(C)c(C)c1CC(=O)N1CCCCC1CC(=O)O. The van der Waals surface area contributed by atoms with E-state index in [0.717, 1.165) is 36.2 Å². The zero-order valence-corrected chi connectivity index (χ0v) is 12.9. The molecule has 1 aliphatic rings. The second-order valence-electron chi connectivity index (χ2n) is 5.78. The van der Waals surface area contributed by atoms with Crippen LogP contribution >= 0.6 is 0 Å². The van der Waals surface area contributed by atoms with Gasteiger partial charge in [0.05, 0.1) is 18.5 Å². The molecule has 0 spiro atoms. The summed E-state index contributed by atoms with van der Waals surface area (Å²) in [4.78, 5) is 25.3. The van der Waals surface area contributed by atoms with Crippen molar-refractivity contribution < 1.29 is 14.7 Å². The van der Waals surface area contributed by atoms with Crippen molar-refractivity contribution in [1.82, 2.24) is 14.7 Å². The number of nitrogens with zero attached hydrogens (tertiary/aromatic N) is 3. The zero-order chi connectivity index (χ0) is 15.6. The van der Waals surface area contributed by atoms with E-state index < -0.39 is 5.97 Å². The van der Waals surface area contributed by atoms with Gasteiger partial charge >= 0.3 is 5.97 Å². The number of hydrogen-bond acceptors (Lipinski definition) is 3. The first kappa shape index (κ1) is 15.5. The molecule has 116 valence electrons. The summed E-state index contributed by atoms with van der Waals surface area (Å²) in [6.07, 6.45) is 3.07. The molecular formula is C15H23N3O3. The Hall–Kier alpha value is -1.85. The Morgan fingerprint density at radius 3 is 2.62 bits per heavy atom. The summed E-state index contributed by atoms with van der Waals surface area (Å²) in [7, 11) is 1.87. The minimum atomic E-state index is -0.839. The molecule has 1 aromatic heterocycles. The number of aryl methyl sites for hydroxylation is 2. The van der Waals surface area contributed by atoms with Crippen LogP contribution in [0.3, 0.4) is 0 Å². The number of aliphatic carboxylic acids is 1. The van der Waals surface area contributed by atoms with Crippen LogP contribution in [0.1, 0.15) is 42.6 Å². The lowest BCUT2D eigenvalue weighted by Gasteiger charge is -2.35. The maximum atomic E-state index is 12.6. The molecule has 1 aliphatic heterocycles. The fourth-order valence-corrected chi connectivity index (χ4v) is 3.07. The van der Waals surface area contributed by atoms with Crippen LogP contribution in [0.15, 0.2) is 0 Å². The molecule has 1 saturated heterocycles. The van der Waals surface area contributed by atoms with Gasteiger partial charge in [0, 0.05) is 30.9 Å². The minimum Gasteiger partial charge on any atom is -0.481 e. The quantitative estimate of drug-likeness (QED) is 0.911. The largest absolute Gasteiger partial charge is 0.481 e. The zero-order valence-electron chi connectivity index (χ0n) is 12.9. The summed E-state index contributed by atoms with van der Waals surface area (Å²) < 4.78 is 1.78. The van der Waals surface area contributed by atoms with Gasteiger partial charge in [-0.3, -0.25) is 14.3 Å². The van der Waals surface area contributed by atoms with Crippen LogP contribution < -0.4 is 0 Å². The number of likely N-dealkylation sites (tertiary alicyclic amines) is 1. The van der Waals surface area contributed by atoms with Crippen LogP contribution in [0.25, 0.3) is 0 Å². The van der Waals surface area contributed by atoms with Crippen molar-refractivity contribution in [2.45, 2.75) is 52.0 Å². The fraction of sp³-hybridized carbons (Fsp3) is 0.667. The highest BCUT2D eigenvalue weighted by atomic mass is 16.4. The average Bonchev–Trinajstić information content (AvgIpc) is 2.65. The normalized spacial score (nSPS) is 18.8. The number of carboxylic acids is 1. The second kappa shape index (κ2) is 6.28. The molecule has 1 fully saturated rings. The monoisotopic (exact) mass is 293 g/mol. The van der Waals surface area contributed by atoms with E-state index in [4.69, 9.17) is 5.11 Å².